The van der Waals surface area contributed by atoms with Crippen LogP contribution in [0.4, 0.5) is 14.9 Å². The van der Waals surface area contributed by atoms with Crippen LogP contribution in [0.2, 0.25) is 0 Å². The van der Waals surface area contributed by atoms with Crippen LogP contribution >= 0.6 is 0 Å². The minimum absolute atomic E-state index is 0.0650. The van der Waals surface area contributed by atoms with Gasteiger partial charge < -0.3 is 20.4 Å². The van der Waals surface area contributed by atoms with Crippen molar-refractivity contribution in [3.05, 3.63) is 66.0 Å². The smallest absolute Gasteiger partial charge is 0.321 e. The van der Waals surface area contributed by atoms with E-state index in [4.69, 9.17) is 0 Å². The predicted octanol–water partition coefficient (Wildman–Crippen LogP) is 2.96. The molecule has 1 saturated heterocycles. The Balaban J connectivity index is 1.75. The first-order chi connectivity index (χ1) is 14.8. The molecule has 0 aliphatic carbocycles. The lowest BCUT2D eigenvalue weighted by atomic mass is 10.1. The highest BCUT2D eigenvalue weighted by atomic mass is 19.1. The minimum Gasteiger partial charge on any atom is -0.354 e. The van der Waals surface area contributed by atoms with Crippen LogP contribution in [-0.2, 0) is 4.79 Å². The first kappa shape index (κ1) is 22.3. The molecule has 4 amide bonds. The molecule has 164 valence electrons. The third-order valence-electron chi connectivity index (χ3n) is 5.03. The molecule has 0 spiro atoms. The summed E-state index contributed by atoms with van der Waals surface area (Å²) in [6, 6.07) is 13.0. The fourth-order valence-electron chi connectivity index (χ4n) is 3.34. The number of carbonyl (C=O) groups is 3. The van der Waals surface area contributed by atoms with E-state index in [1.54, 1.807) is 24.3 Å². The second kappa shape index (κ2) is 10.1. The van der Waals surface area contributed by atoms with E-state index in [0.29, 0.717) is 17.8 Å². The van der Waals surface area contributed by atoms with Gasteiger partial charge >= 0.3 is 6.03 Å². The molecule has 2 aromatic rings. The molecule has 1 unspecified atom stereocenters. The van der Waals surface area contributed by atoms with E-state index < -0.39 is 17.9 Å². The fourth-order valence-corrected chi connectivity index (χ4v) is 3.34. The number of benzene rings is 2. The Hall–Kier alpha value is -3.42. The standard InChI is InChI=1S/C23H27FN4O3/c1-16(2)14-25-21(29)20-15-27(23(31)26-19-10-8-18(24)9-11-19)12-13-28(20)22(30)17-6-4-3-5-7-17/h3-11,16,20H,12-15H2,1-2H3,(H,25,29)(H,26,31). The van der Waals surface area contributed by atoms with Crippen molar-refractivity contribution < 1.29 is 18.8 Å². The zero-order valence-electron chi connectivity index (χ0n) is 17.7. The fraction of sp³-hybridized carbons (Fsp3) is 0.348. The first-order valence-electron chi connectivity index (χ1n) is 10.3. The van der Waals surface area contributed by atoms with Gasteiger partial charge in [-0.3, -0.25) is 9.59 Å². The molecule has 2 aromatic carbocycles. The van der Waals surface area contributed by atoms with Gasteiger partial charge in [-0.2, -0.15) is 0 Å². The van der Waals surface area contributed by atoms with Crippen molar-refractivity contribution in [3.8, 4) is 0 Å². The highest BCUT2D eigenvalue weighted by molar-refractivity contribution is 5.98. The monoisotopic (exact) mass is 426 g/mol. The molecule has 0 aromatic heterocycles. The molecule has 3 rings (SSSR count). The average Bonchev–Trinajstić information content (AvgIpc) is 2.78. The maximum atomic E-state index is 13.1. The number of anilines is 1. The zero-order valence-corrected chi connectivity index (χ0v) is 17.7. The van der Waals surface area contributed by atoms with Gasteiger partial charge in [-0.05, 0) is 42.3 Å². The molecule has 8 heteroatoms. The molecule has 1 atom stereocenters. The SMILES string of the molecule is CC(C)CNC(=O)C1CN(C(=O)Nc2ccc(F)cc2)CCN1C(=O)c1ccccc1. The normalized spacial score (nSPS) is 16.2. The molecule has 0 radical (unpaired) electrons. The van der Waals surface area contributed by atoms with Crippen LogP contribution in [0.3, 0.4) is 0 Å². The number of rotatable bonds is 5. The van der Waals surface area contributed by atoms with Crippen LogP contribution in [0, 0.1) is 11.7 Å². The van der Waals surface area contributed by atoms with Crippen LogP contribution in [0.1, 0.15) is 24.2 Å². The van der Waals surface area contributed by atoms with Gasteiger partial charge in [-0.1, -0.05) is 32.0 Å². The van der Waals surface area contributed by atoms with Crippen molar-refractivity contribution in [2.24, 2.45) is 5.92 Å². The van der Waals surface area contributed by atoms with Crippen molar-refractivity contribution in [3.63, 3.8) is 0 Å². The van der Waals surface area contributed by atoms with Crippen LogP contribution in [0.15, 0.2) is 54.6 Å². The largest absolute Gasteiger partial charge is 0.354 e. The lowest BCUT2D eigenvalue weighted by molar-refractivity contribution is -0.127. The molecular weight excluding hydrogens is 399 g/mol. The van der Waals surface area contributed by atoms with E-state index in [1.165, 1.54) is 34.1 Å². The average molecular weight is 426 g/mol. The second-order valence-electron chi connectivity index (χ2n) is 7.90. The minimum atomic E-state index is -0.806. The molecular formula is C23H27FN4O3. The van der Waals surface area contributed by atoms with Crippen molar-refractivity contribution in [2.75, 3.05) is 31.5 Å². The summed E-state index contributed by atoms with van der Waals surface area (Å²) in [5.74, 6) is -0.683. The molecule has 1 aliphatic heterocycles. The molecule has 1 aliphatic rings. The molecule has 1 fully saturated rings. The third-order valence-corrected chi connectivity index (χ3v) is 5.03. The van der Waals surface area contributed by atoms with E-state index in [0.717, 1.165) is 0 Å². The van der Waals surface area contributed by atoms with Gasteiger partial charge in [-0.15, -0.1) is 0 Å². The number of hydrogen-bond donors (Lipinski definition) is 2. The summed E-state index contributed by atoms with van der Waals surface area (Å²) in [6.45, 7) is 5.01. The molecule has 1 heterocycles. The summed E-state index contributed by atoms with van der Waals surface area (Å²) < 4.78 is 13.1. The van der Waals surface area contributed by atoms with E-state index in [1.807, 2.05) is 19.9 Å². The Labute approximate surface area is 181 Å². The number of piperazine rings is 1. The summed E-state index contributed by atoms with van der Waals surface area (Å²) in [6.07, 6.45) is 0. The maximum Gasteiger partial charge on any atom is 0.321 e. The number of amides is 4. The molecule has 2 N–H and O–H groups in total. The van der Waals surface area contributed by atoms with Crippen molar-refractivity contribution in [2.45, 2.75) is 19.9 Å². The predicted molar refractivity (Wildman–Crippen MR) is 116 cm³/mol. The summed E-state index contributed by atoms with van der Waals surface area (Å²) in [5, 5.41) is 5.58. The zero-order chi connectivity index (χ0) is 22.4. The van der Waals surface area contributed by atoms with Gasteiger partial charge in [0.05, 0.1) is 6.54 Å². The van der Waals surface area contributed by atoms with E-state index in [2.05, 4.69) is 10.6 Å². The highest BCUT2D eigenvalue weighted by Crippen LogP contribution is 2.17. The van der Waals surface area contributed by atoms with Gasteiger partial charge in [0.15, 0.2) is 0 Å². The van der Waals surface area contributed by atoms with Gasteiger partial charge in [0, 0.05) is 30.9 Å². The third kappa shape index (κ3) is 5.81. The van der Waals surface area contributed by atoms with Gasteiger partial charge in [0.25, 0.3) is 5.91 Å². The van der Waals surface area contributed by atoms with Crippen LogP contribution in [0.25, 0.3) is 0 Å². The van der Waals surface area contributed by atoms with Crippen LogP contribution in [-0.4, -0.2) is 59.9 Å². The van der Waals surface area contributed by atoms with Gasteiger partial charge in [-0.25, -0.2) is 9.18 Å². The molecule has 0 bridgehead atoms. The molecule has 31 heavy (non-hydrogen) atoms. The van der Waals surface area contributed by atoms with Crippen molar-refractivity contribution in [1.29, 1.82) is 0 Å². The number of nitrogens with one attached hydrogen (secondary N) is 2. The summed E-state index contributed by atoms with van der Waals surface area (Å²) >= 11 is 0. The number of nitrogens with zero attached hydrogens (tertiary/aromatic N) is 2. The number of halogens is 1. The Morgan fingerprint density at radius 2 is 1.71 bits per heavy atom. The van der Waals surface area contributed by atoms with Crippen molar-refractivity contribution >= 4 is 23.5 Å². The topological polar surface area (TPSA) is 81.8 Å². The summed E-state index contributed by atoms with van der Waals surface area (Å²) in [7, 11) is 0. The lowest BCUT2D eigenvalue weighted by Crippen LogP contribution is -2.62. The quantitative estimate of drug-likeness (QED) is 0.771. The van der Waals surface area contributed by atoms with E-state index in [-0.39, 0.29) is 37.4 Å². The van der Waals surface area contributed by atoms with Crippen LogP contribution in [0.5, 0.6) is 0 Å². The second-order valence-corrected chi connectivity index (χ2v) is 7.90. The van der Waals surface area contributed by atoms with E-state index in [9.17, 15) is 18.8 Å². The maximum absolute atomic E-state index is 13.1. The van der Waals surface area contributed by atoms with Gasteiger partial charge in [0.2, 0.25) is 5.91 Å². The first-order valence-corrected chi connectivity index (χ1v) is 10.3. The summed E-state index contributed by atoms with van der Waals surface area (Å²) in [4.78, 5) is 41.7. The van der Waals surface area contributed by atoms with Crippen LogP contribution < -0.4 is 10.6 Å². The summed E-state index contributed by atoms with van der Waals surface area (Å²) in [5.41, 5.74) is 0.948. The number of urea groups is 1. The Kier molecular flexibility index (Phi) is 7.23. The van der Waals surface area contributed by atoms with Gasteiger partial charge in [0.1, 0.15) is 11.9 Å². The Morgan fingerprint density at radius 3 is 2.35 bits per heavy atom. The lowest BCUT2D eigenvalue weighted by Gasteiger charge is -2.40. The van der Waals surface area contributed by atoms with Crippen molar-refractivity contribution in [1.82, 2.24) is 15.1 Å². The molecule has 7 nitrogen and oxygen atoms in total. The Morgan fingerprint density at radius 1 is 1.03 bits per heavy atom. The number of hydrogen-bond acceptors (Lipinski definition) is 3. The van der Waals surface area contributed by atoms with E-state index >= 15 is 0 Å². The molecule has 0 saturated carbocycles. The Bertz CT molecular complexity index is 918. The number of carbonyl (C=O) groups excluding carboxylic acids is 3. The highest BCUT2D eigenvalue weighted by Gasteiger charge is 2.37.